The first-order valence-electron chi connectivity index (χ1n) is 9.43. The topological polar surface area (TPSA) is 109 Å². The fourth-order valence-corrected chi connectivity index (χ4v) is 3.04. The zero-order valence-electron chi connectivity index (χ0n) is 17.2. The Bertz CT molecular complexity index is 1220. The first-order chi connectivity index (χ1) is 15.1. The molecule has 0 aliphatic rings. The third kappa shape index (κ3) is 4.25. The molecule has 0 saturated carbocycles. The Morgan fingerprint density at radius 2 is 1.87 bits per heavy atom. The zero-order valence-corrected chi connectivity index (χ0v) is 17.2. The molecule has 4 rings (SSSR count). The van der Waals surface area contributed by atoms with Gasteiger partial charge in [-0.15, -0.1) is 0 Å². The normalized spacial score (nSPS) is 10.7. The second-order valence-corrected chi connectivity index (χ2v) is 6.56. The number of fused-ring (bicyclic) bond motifs is 1. The summed E-state index contributed by atoms with van der Waals surface area (Å²) in [7, 11) is 3.07. The first kappa shape index (κ1) is 20.1. The molecule has 2 heterocycles. The Morgan fingerprint density at radius 3 is 2.61 bits per heavy atom. The molecule has 2 aromatic heterocycles. The Labute approximate surface area is 178 Å². The molecule has 0 saturated heterocycles. The van der Waals surface area contributed by atoms with E-state index in [4.69, 9.17) is 18.7 Å². The van der Waals surface area contributed by atoms with Crippen LogP contribution in [0.1, 0.15) is 5.82 Å². The summed E-state index contributed by atoms with van der Waals surface area (Å²) in [4.78, 5) is 21.1. The Morgan fingerprint density at radius 1 is 1.06 bits per heavy atom. The van der Waals surface area contributed by atoms with Crippen LogP contribution < -0.4 is 19.5 Å². The van der Waals surface area contributed by atoms with Gasteiger partial charge < -0.3 is 24.1 Å². The van der Waals surface area contributed by atoms with Gasteiger partial charge in [-0.1, -0.05) is 35.5 Å². The van der Waals surface area contributed by atoms with Crippen molar-refractivity contribution in [3.63, 3.8) is 0 Å². The number of anilines is 1. The number of ether oxygens (including phenoxy) is 3. The lowest BCUT2D eigenvalue weighted by atomic mass is 10.1. The van der Waals surface area contributed by atoms with E-state index in [0.717, 1.165) is 5.56 Å². The van der Waals surface area contributed by atoms with Crippen molar-refractivity contribution in [2.24, 2.45) is 0 Å². The van der Waals surface area contributed by atoms with Crippen molar-refractivity contribution in [1.82, 2.24) is 15.1 Å². The number of hydrogen-bond donors (Lipinski definition) is 1. The second-order valence-electron chi connectivity index (χ2n) is 6.56. The summed E-state index contributed by atoms with van der Waals surface area (Å²) in [5.41, 5.74) is 2.16. The quantitative estimate of drug-likeness (QED) is 0.483. The summed E-state index contributed by atoms with van der Waals surface area (Å²) >= 11 is 0. The maximum absolute atomic E-state index is 12.5. The smallest absolute Gasteiger partial charge is 0.265 e. The van der Waals surface area contributed by atoms with Crippen molar-refractivity contribution in [2.45, 2.75) is 6.92 Å². The minimum Gasteiger partial charge on any atom is -0.497 e. The molecule has 9 nitrogen and oxygen atoms in total. The number of amides is 1. The number of aryl methyl sites for hydroxylation is 1. The Balaban J connectivity index is 1.56. The van der Waals surface area contributed by atoms with Crippen LogP contribution in [-0.4, -0.2) is 41.9 Å². The SMILES string of the molecule is COc1ccc(NC(=O)COc2nc(C)nc3onc(-c4ccccc4)c23)c(OC)c1. The van der Waals surface area contributed by atoms with Gasteiger partial charge in [0.15, 0.2) is 6.61 Å². The molecule has 158 valence electrons. The average Bonchev–Trinajstić information content (AvgIpc) is 3.22. The van der Waals surface area contributed by atoms with Crippen LogP contribution in [0, 0.1) is 6.92 Å². The van der Waals surface area contributed by atoms with Gasteiger partial charge in [-0.05, 0) is 19.1 Å². The van der Waals surface area contributed by atoms with E-state index in [0.29, 0.717) is 39.8 Å². The molecule has 0 atom stereocenters. The van der Waals surface area contributed by atoms with Gasteiger partial charge in [0.2, 0.25) is 5.88 Å². The number of carbonyl (C=O) groups is 1. The van der Waals surface area contributed by atoms with Gasteiger partial charge in [0, 0.05) is 11.6 Å². The van der Waals surface area contributed by atoms with Crippen molar-refractivity contribution in [2.75, 3.05) is 26.1 Å². The van der Waals surface area contributed by atoms with E-state index in [1.165, 1.54) is 7.11 Å². The first-order valence-corrected chi connectivity index (χ1v) is 9.43. The highest BCUT2D eigenvalue weighted by Crippen LogP contribution is 2.33. The van der Waals surface area contributed by atoms with E-state index in [9.17, 15) is 4.79 Å². The molecule has 1 N–H and O–H groups in total. The van der Waals surface area contributed by atoms with Crippen LogP contribution in [-0.2, 0) is 4.79 Å². The van der Waals surface area contributed by atoms with E-state index in [1.54, 1.807) is 32.2 Å². The summed E-state index contributed by atoms with van der Waals surface area (Å²) in [5.74, 6) is 1.37. The zero-order chi connectivity index (χ0) is 21.8. The van der Waals surface area contributed by atoms with E-state index < -0.39 is 0 Å². The number of aromatic nitrogens is 3. The van der Waals surface area contributed by atoms with Crippen molar-refractivity contribution >= 4 is 22.7 Å². The minimum absolute atomic E-state index is 0.222. The van der Waals surface area contributed by atoms with Gasteiger partial charge in [0.25, 0.3) is 11.6 Å². The number of carbonyl (C=O) groups excluding carboxylic acids is 1. The molecule has 9 heteroatoms. The van der Waals surface area contributed by atoms with Crippen LogP contribution in [0.4, 0.5) is 5.69 Å². The van der Waals surface area contributed by atoms with Crippen LogP contribution >= 0.6 is 0 Å². The highest BCUT2D eigenvalue weighted by Gasteiger charge is 2.20. The lowest BCUT2D eigenvalue weighted by Crippen LogP contribution is -2.21. The van der Waals surface area contributed by atoms with Crippen molar-refractivity contribution < 1.29 is 23.5 Å². The van der Waals surface area contributed by atoms with Crippen LogP contribution in [0.25, 0.3) is 22.4 Å². The summed E-state index contributed by atoms with van der Waals surface area (Å²) < 4.78 is 21.6. The van der Waals surface area contributed by atoms with Crippen LogP contribution in [0.15, 0.2) is 53.1 Å². The molecule has 31 heavy (non-hydrogen) atoms. The van der Waals surface area contributed by atoms with Gasteiger partial charge in [0.05, 0.1) is 19.9 Å². The average molecular weight is 420 g/mol. The molecule has 0 unspecified atom stereocenters. The predicted molar refractivity (Wildman–Crippen MR) is 113 cm³/mol. The van der Waals surface area contributed by atoms with Gasteiger partial charge >= 0.3 is 0 Å². The second kappa shape index (κ2) is 8.70. The number of hydrogen-bond acceptors (Lipinski definition) is 8. The highest BCUT2D eigenvalue weighted by molar-refractivity contribution is 5.95. The third-order valence-electron chi connectivity index (χ3n) is 4.48. The van der Waals surface area contributed by atoms with Gasteiger partial charge in [-0.2, -0.15) is 9.97 Å². The summed E-state index contributed by atoms with van der Waals surface area (Å²) in [6.07, 6.45) is 0. The molecule has 2 aromatic carbocycles. The lowest BCUT2D eigenvalue weighted by Gasteiger charge is -2.12. The molecule has 4 aromatic rings. The van der Waals surface area contributed by atoms with Gasteiger partial charge in [0.1, 0.15) is 28.4 Å². The minimum atomic E-state index is -0.384. The van der Waals surface area contributed by atoms with Crippen LogP contribution in [0.2, 0.25) is 0 Å². The molecular weight excluding hydrogens is 400 g/mol. The number of nitrogens with one attached hydrogen (secondary N) is 1. The van der Waals surface area contributed by atoms with E-state index in [1.807, 2.05) is 30.3 Å². The third-order valence-corrected chi connectivity index (χ3v) is 4.48. The maximum Gasteiger partial charge on any atom is 0.265 e. The van der Waals surface area contributed by atoms with Crippen molar-refractivity contribution in [3.8, 4) is 28.6 Å². The molecular formula is C22H20N4O5. The van der Waals surface area contributed by atoms with Crippen molar-refractivity contribution in [3.05, 3.63) is 54.4 Å². The molecule has 0 bridgehead atoms. The Hall–Kier alpha value is -4.14. The monoisotopic (exact) mass is 420 g/mol. The molecule has 0 aliphatic heterocycles. The highest BCUT2D eigenvalue weighted by atomic mass is 16.5. The number of benzene rings is 2. The lowest BCUT2D eigenvalue weighted by molar-refractivity contribution is -0.118. The molecule has 0 spiro atoms. The van der Waals surface area contributed by atoms with E-state index in [-0.39, 0.29) is 18.4 Å². The van der Waals surface area contributed by atoms with E-state index in [2.05, 4.69) is 20.4 Å². The maximum atomic E-state index is 12.5. The standard InChI is InChI=1S/C22H20N4O5/c1-13-23-21(19-20(26-31-22(19)24-13)14-7-5-4-6-8-14)30-12-18(27)25-16-10-9-15(28-2)11-17(16)29-3/h4-11H,12H2,1-3H3,(H,25,27). The summed E-state index contributed by atoms with van der Waals surface area (Å²) in [6.45, 7) is 1.43. The number of rotatable bonds is 7. The molecule has 0 aliphatic carbocycles. The van der Waals surface area contributed by atoms with Gasteiger partial charge in [-0.25, -0.2) is 0 Å². The summed E-state index contributed by atoms with van der Waals surface area (Å²) in [6, 6.07) is 14.6. The summed E-state index contributed by atoms with van der Waals surface area (Å²) in [5, 5.41) is 7.38. The van der Waals surface area contributed by atoms with Crippen LogP contribution in [0.5, 0.6) is 17.4 Å². The molecule has 0 fully saturated rings. The fraction of sp³-hybridized carbons (Fsp3) is 0.182. The molecule has 1 amide bonds. The van der Waals surface area contributed by atoms with Gasteiger partial charge in [-0.3, -0.25) is 4.79 Å². The van der Waals surface area contributed by atoms with Crippen LogP contribution in [0.3, 0.4) is 0 Å². The number of methoxy groups -OCH3 is 2. The van der Waals surface area contributed by atoms with Crippen molar-refractivity contribution in [1.29, 1.82) is 0 Å². The largest absolute Gasteiger partial charge is 0.497 e. The number of nitrogens with zero attached hydrogens (tertiary/aromatic N) is 3. The van der Waals surface area contributed by atoms with E-state index >= 15 is 0 Å². The predicted octanol–water partition coefficient (Wildman–Crippen LogP) is 3.63. The Kier molecular flexibility index (Phi) is 5.65. The molecule has 0 radical (unpaired) electrons. The fourth-order valence-electron chi connectivity index (χ4n) is 3.04.